The molecule has 3 heterocycles. The molecule has 12 heteroatoms. The average molecular weight is 568 g/mol. The predicted octanol–water partition coefficient (Wildman–Crippen LogP) is 3.72. The van der Waals surface area contributed by atoms with E-state index in [2.05, 4.69) is 29.4 Å². The third-order valence-electron chi connectivity index (χ3n) is 5.94. The van der Waals surface area contributed by atoms with E-state index in [1.807, 2.05) is 35.8 Å². The van der Waals surface area contributed by atoms with Gasteiger partial charge in [-0.1, -0.05) is 23.7 Å². The number of rotatable bonds is 11. The Morgan fingerprint density at radius 3 is 2.51 bits per heavy atom. The number of benzene rings is 1. The van der Waals surface area contributed by atoms with Gasteiger partial charge in [0.15, 0.2) is 5.82 Å². The smallest absolute Gasteiger partial charge is 0.222 e. The largest absolute Gasteiger partial charge is 0.378 e. The Bertz CT molecular complexity index is 1240. The van der Waals surface area contributed by atoms with Crippen LogP contribution in [-0.2, 0) is 14.3 Å². The summed E-state index contributed by atoms with van der Waals surface area (Å²) in [6.07, 6.45) is 0.141. The summed E-state index contributed by atoms with van der Waals surface area (Å²) in [7, 11) is 0. The first-order valence-electron chi connectivity index (χ1n) is 11.9. The van der Waals surface area contributed by atoms with Gasteiger partial charge in [0.1, 0.15) is 16.9 Å². The number of nitrogens with one attached hydrogen (secondary N) is 1. The minimum Gasteiger partial charge on any atom is -0.378 e. The highest BCUT2D eigenvalue weighted by Crippen LogP contribution is 2.39. The molecule has 1 aromatic carbocycles. The third kappa shape index (κ3) is 6.76. The fourth-order valence-electron chi connectivity index (χ4n) is 4.05. The lowest BCUT2D eigenvalue weighted by Gasteiger charge is -2.13. The molecule has 0 aliphatic carbocycles. The number of hydrogen-bond donors (Lipinski definition) is 2. The number of aryl methyl sites for hydroxylation is 2. The van der Waals surface area contributed by atoms with Gasteiger partial charge in [-0.25, -0.2) is 0 Å². The number of nitrogens with zero attached hydrogens (tertiary/aromatic N) is 4. The zero-order valence-corrected chi connectivity index (χ0v) is 23.5. The van der Waals surface area contributed by atoms with Gasteiger partial charge in [0.25, 0.3) is 0 Å². The molecule has 1 aliphatic rings. The molecule has 4 rings (SSSR count). The Balaban J connectivity index is 0.00000380. The summed E-state index contributed by atoms with van der Waals surface area (Å²) in [5.74, 6) is 1.28. The van der Waals surface area contributed by atoms with Crippen molar-refractivity contribution >= 4 is 47.0 Å². The summed E-state index contributed by atoms with van der Waals surface area (Å²) in [4.78, 5) is 19.2. The topological polar surface area (TPSA) is 117 Å². The highest BCUT2D eigenvalue weighted by molar-refractivity contribution is 7.15. The van der Waals surface area contributed by atoms with Crippen LogP contribution in [0.4, 0.5) is 0 Å². The minimum absolute atomic E-state index is 0. The van der Waals surface area contributed by atoms with Gasteiger partial charge in [-0.15, -0.1) is 33.9 Å². The molecule has 9 nitrogen and oxygen atoms in total. The van der Waals surface area contributed by atoms with E-state index >= 15 is 0 Å². The fourth-order valence-corrected chi connectivity index (χ4v) is 5.39. The van der Waals surface area contributed by atoms with Crippen LogP contribution in [0.3, 0.4) is 0 Å². The van der Waals surface area contributed by atoms with Gasteiger partial charge in [-0.05, 0) is 38.5 Å². The maximum Gasteiger partial charge on any atom is 0.222 e. The molecule has 1 amide bonds. The van der Waals surface area contributed by atoms with Gasteiger partial charge in [0, 0.05) is 34.1 Å². The van der Waals surface area contributed by atoms with Gasteiger partial charge in [0.2, 0.25) is 5.91 Å². The molecular formula is C25H32Cl2N6O3S. The van der Waals surface area contributed by atoms with Crippen LogP contribution in [0.25, 0.3) is 5.00 Å². The number of carbonyl (C=O) groups excluding carboxylic acids is 1. The van der Waals surface area contributed by atoms with E-state index in [0.29, 0.717) is 50.4 Å². The molecule has 0 saturated carbocycles. The zero-order valence-electron chi connectivity index (χ0n) is 21.1. The van der Waals surface area contributed by atoms with Crippen molar-refractivity contribution in [2.24, 2.45) is 10.7 Å². The minimum atomic E-state index is -0.498. The number of thiophene rings is 1. The average Bonchev–Trinajstić information content (AvgIpc) is 3.33. The molecule has 1 atom stereocenters. The Morgan fingerprint density at radius 2 is 1.81 bits per heavy atom. The second-order valence-corrected chi connectivity index (χ2v) is 10.1. The molecule has 0 spiro atoms. The number of hydrogen-bond acceptors (Lipinski definition) is 8. The van der Waals surface area contributed by atoms with Crippen LogP contribution in [0, 0.1) is 20.8 Å². The Hall–Kier alpha value is -2.34. The van der Waals surface area contributed by atoms with Gasteiger partial charge >= 0.3 is 0 Å². The third-order valence-corrected chi connectivity index (χ3v) is 7.38. The SMILES string of the molecule is Cc1sc2c(c1C)C(c1ccc(Cl)cc1)=NC(CC(=O)NCCOCCOCCN)c1nnc(C)n1-2.Cl. The van der Waals surface area contributed by atoms with E-state index in [1.54, 1.807) is 11.3 Å². The van der Waals surface area contributed by atoms with E-state index in [9.17, 15) is 4.79 Å². The number of carbonyl (C=O) groups is 1. The molecular weight excluding hydrogens is 535 g/mol. The van der Waals surface area contributed by atoms with Crippen molar-refractivity contribution in [3.63, 3.8) is 0 Å². The lowest BCUT2D eigenvalue weighted by atomic mass is 9.99. The predicted molar refractivity (Wildman–Crippen MR) is 149 cm³/mol. The van der Waals surface area contributed by atoms with Crippen LogP contribution < -0.4 is 11.1 Å². The van der Waals surface area contributed by atoms with Gasteiger partial charge in [-0.3, -0.25) is 14.4 Å². The number of fused-ring (bicyclic) bond motifs is 3. The first-order valence-corrected chi connectivity index (χ1v) is 13.1. The molecule has 0 fully saturated rings. The summed E-state index contributed by atoms with van der Waals surface area (Å²) in [6, 6.07) is 7.13. The quantitative estimate of drug-likeness (QED) is 0.341. The van der Waals surface area contributed by atoms with E-state index in [0.717, 1.165) is 33.2 Å². The summed E-state index contributed by atoms with van der Waals surface area (Å²) < 4.78 is 12.8. The van der Waals surface area contributed by atoms with E-state index < -0.39 is 6.04 Å². The molecule has 1 unspecified atom stereocenters. The van der Waals surface area contributed by atoms with Crippen molar-refractivity contribution < 1.29 is 14.3 Å². The summed E-state index contributed by atoms with van der Waals surface area (Å²) in [6.45, 7) is 8.84. The highest BCUT2D eigenvalue weighted by atomic mass is 35.5. The molecule has 1 aliphatic heterocycles. The second kappa shape index (κ2) is 13.5. The number of halogens is 2. The molecule has 3 aromatic rings. The Kier molecular flexibility index (Phi) is 10.6. The van der Waals surface area contributed by atoms with Crippen LogP contribution in [0.1, 0.15) is 45.7 Å². The summed E-state index contributed by atoms with van der Waals surface area (Å²) >= 11 is 7.84. The van der Waals surface area contributed by atoms with Crippen molar-refractivity contribution in [1.29, 1.82) is 0 Å². The van der Waals surface area contributed by atoms with E-state index in [-0.39, 0.29) is 24.7 Å². The Labute approximate surface area is 231 Å². The van der Waals surface area contributed by atoms with Crippen molar-refractivity contribution in [2.75, 3.05) is 39.5 Å². The number of nitrogens with two attached hydrogens (primary N) is 1. The lowest BCUT2D eigenvalue weighted by Crippen LogP contribution is -2.29. The van der Waals surface area contributed by atoms with Crippen molar-refractivity contribution in [3.8, 4) is 5.00 Å². The van der Waals surface area contributed by atoms with Gasteiger partial charge in [0.05, 0.1) is 38.6 Å². The van der Waals surface area contributed by atoms with E-state index in [1.165, 1.54) is 4.88 Å². The fraction of sp³-hybridized carbons (Fsp3) is 0.440. The molecule has 3 N–H and O–H groups in total. The normalized spacial score (nSPS) is 14.3. The van der Waals surface area contributed by atoms with Crippen LogP contribution >= 0.6 is 35.3 Å². The maximum atomic E-state index is 12.9. The molecule has 0 radical (unpaired) electrons. The maximum absolute atomic E-state index is 12.9. The van der Waals surface area contributed by atoms with Crippen molar-refractivity contribution in [1.82, 2.24) is 20.1 Å². The van der Waals surface area contributed by atoms with E-state index in [4.69, 9.17) is 31.8 Å². The molecule has 200 valence electrons. The van der Waals surface area contributed by atoms with Crippen molar-refractivity contribution in [3.05, 3.63) is 62.5 Å². The zero-order chi connectivity index (χ0) is 25.7. The molecule has 0 saturated heterocycles. The molecule has 37 heavy (non-hydrogen) atoms. The molecule has 2 aromatic heterocycles. The number of amides is 1. The highest BCUT2D eigenvalue weighted by Gasteiger charge is 2.32. The standard InChI is InChI=1S/C25H31ClN6O3S.ClH/c1-15-16(2)36-25-22(15)23(18-4-6-19(26)7-5-18)29-20(24-31-30-17(3)32(24)25)14-21(33)28-9-11-35-13-12-34-10-8-27;/h4-7,20H,8-14,27H2,1-3H3,(H,28,33);1H. The number of aromatic nitrogens is 3. The Morgan fingerprint density at radius 1 is 1.11 bits per heavy atom. The van der Waals surface area contributed by atoms with Gasteiger partial charge < -0.3 is 20.5 Å². The number of ether oxygens (including phenoxy) is 2. The van der Waals surface area contributed by atoms with Crippen LogP contribution in [-0.4, -0.2) is 65.9 Å². The van der Waals surface area contributed by atoms with Crippen LogP contribution in [0.15, 0.2) is 29.3 Å². The number of aliphatic imine (C=N–C) groups is 1. The second-order valence-electron chi connectivity index (χ2n) is 8.47. The lowest BCUT2D eigenvalue weighted by molar-refractivity contribution is -0.121. The molecule has 0 bridgehead atoms. The first-order chi connectivity index (χ1) is 17.4. The van der Waals surface area contributed by atoms with Crippen LogP contribution in [0.5, 0.6) is 0 Å². The summed E-state index contributed by atoms with van der Waals surface area (Å²) in [5, 5.41) is 13.4. The van der Waals surface area contributed by atoms with Gasteiger partial charge in [-0.2, -0.15) is 0 Å². The monoisotopic (exact) mass is 566 g/mol. The first kappa shape index (κ1) is 29.2. The van der Waals surface area contributed by atoms with Crippen LogP contribution in [0.2, 0.25) is 5.02 Å². The van der Waals surface area contributed by atoms with Crippen molar-refractivity contribution in [2.45, 2.75) is 33.2 Å². The summed E-state index contributed by atoms with van der Waals surface area (Å²) in [5.41, 5.74) is 9.34.